The van der Waals surface area contributed by atoms with Crippen molar-refractivity contribution >= 4 is 27.7 Å². The Morgan fingerprint density at radius 1 is 0.964 bits per heavy atom. The molecule has 0 bridgehead atoms. The van der Waals surface area contributed by atoms with Gasteiger partial charge in [-0.1, -0.05) is 58.4 Å². The summed E-state index contributed by atoms with van der Waals surface area (Å²) in [5.41, 5.74) is 2.05. The van der Waals surface area contributed by atoms with Gasteiger partial charge in [0.15, 0.2) is 6.17 Å². The Hall–Kier alpha value is -2.18. The minimum atomic E-state index is -0.760. The van der Waals surface area contributed by atoms with Gasteiger partial charge in [0.05, 0.1) is 0 Å². The number of rotatable bonds is 3. The first-order valence-electron chi connectivity index (χ1n) is 9.66. The second-order valence-corrected chi connectivity index (χ2v) is 8.51. The van der Waals surface area contributed by atoms with Crippen LogP contribution in [-0.2, 0) is 9.59 Å². The average molecular weight is 443 g/mol. The van der Waals surface area contributed by atoms with Crippen LogP contribution in [0.2, 0.25) is 0 Å². The van der Waals surface area contributed by atoms with Gasteiger partial charge in [-0.25, -0.2) is 0 Å². The van der Waals surface area contributed by atoms with E-state index in [1.807, 2.05) is 30.3 Å². The standard InChI is InChI=1S/C22H23BrN2O3/c23-19-8-4-7-18(13-19)21-24(14-20(26)25(21)28)22(27)17-11-9-16(10-12-17)15-5-2-1-3-6-15/h1-8,13,16-17,21,28H,9-12,14H2/t16-,17-,21?. The maximum atomic E-state index is 13.2. The Balaban J connectivity index is 1.48. The molecule has 1 heterocycles. The van der Waals surface area contributed by atoms with Crippen LogP contribution in [-0.4, -0.2) is 33.5 Å². The molecular weight excluding hydrogens is 420 g/mol. The Kier molecular flexibility index (Phi) is 5.51. The maximum Gasteiger partial charge on any atom is 0.267 e. The molecule has 5 nitrogen and oxygen atoms in total. The van der Waals surface area contributed by atoms with Crippen LogP contribution in [0.15, 0.2) is 59.1 Å². The molecule has 2 aromatic rings. The summed E-state index contributed by atoms with van der Waals surface area (Å²) in [6.07, 6.45) is 2.78. The first-order chi connectivity index (χ1) is 13.5. The van der Waals surface area contributed by atoms with E-state index in [2.05, 4.69) is 40.2 Å². The van der Waals surface area contributed by atoms with Crippen LogP contribution in [0, 0.1) is 5.92 Å². The van der Waals surface area contributed by atoms with Gasteiger partial charge in [0.25, 0.3) is 5.91 Å². The summed E-state index contributed by atoms with van der Waals surface area (Å²) >= 11 is 3.42. The molecule has 1 aliphatic carbocycles. The van der Waals surface area contributed by atoms with E-state index < -0.39 is 12.1 Å². The smallest absolute Gasteiger partial charge is 0.267 e. The summed E-state index contributed by atoms with van der Waals surface area (Å²) in [6.45, 7) is -0.0782. The number of halogens is 1. The quantitative estimate of drug-likeness (QED) is 0.712. The normalized spacial score (nSPS) is 25.2. The number of hydroxylamine groups is 2. The van der Waals surface area contributed by atoms with Crippen molar-refractivity contribution in [2.45, 2.75) is 37.8 Å². The molecule has 1 atom stereocenters. The Labute approximate surface area is 173 Å². The lowest BCUT2D eigenvalue weighted by molar-refractivity contribution is -0.173. The van der Waals surface area contributed by atoms with Crippen LogP contribution in [0.5, 0.6) is 0 Å². The van der Waals surface area contributed by atoms with Crippen molar-refractivity contribution in [1.82, 2.24) is 9.96 Å². The summed E-state index contributed by atoms with van der Waals surface area (Å²) in [4.78, 5) is 26.9. The van der Waals surface area contributed by atoms with Gasteiger partial charge in [0.2, 0.25) is 5.91 Å². The first-order valence-corrected chi connectivity index (χ1v) is 10.5. The van der Waals surface area contributed by atoms with Crippen molar-refractivity contribution in [2.75, 3.05) is 6.54 Å². The van der Waals surface area contributed by atoms with Crippen LogP contribution in [0.3, 0.4) is 0 Å². The topological polar surface area (TPSA) is 60.9 Å². The van der Waals surface area contributed by atoms with E-state index in [0.29, 0.717) is 16.5 Å². The Morgan fingerprint density at radius 3 is 2.32 bits per heavy atom. The molecule has 4 rings (SSSR count). The van der Waals surface area contributed by atoms with E-state index in [9.17, 15) is 14.8 Å². The zero-order chi connectivity index (χ0) is 19.7. The highest BCUT2D eigenvalue weighted by Crippen LogP contribution is 2.39. The molecule has 0 radical (unpaired) electrons. The maximum absolute atomic E-state index is 13.2. The number of benzene rings is 2. The number of amides is 2. The molecule has 1 saturated heterocycles. The SMILES string of the molecule is O=C1CN(C(=O)[C@H]2CC[C@H](c3ccccc3)CC2)C(c2cccc(Br)c2)N1O. The lowest BCUT2D eigenvalue weighted by Crippen LogP contribution is -2.39. The molecular formula is C22H23BrN2O3. The number of carbonyl (C=O) groups is 2. The van der Waals surface area contributed by atoms with E-state index in [1.165, 1.54) is 10.5 Å². The van der Waals surface area contributed by atoms with E-state index in [0.717, 1.165) is 30.2 Å². The van der Waals surface area contributed by atoms with Gasteiger partial charge >= 0.3 is 0 Å². The predicted molar refractivity (Wildman–Crippen MR) is 108 cm³/mol. The van der Waals surface area contributed by atoms with Crippen LogP contribution in [0.25, 0.3) is 0 Å². The van der Waals surface area contributed by atoms with Crippen molar-refractivity contribution < 1.29 is 14.8 Å². The fraction of sp³-hybridized carbons (Fsp3) is 0.364. The third-order valence-corrected chi connectivity index (χ3v) is 6.36. The summed E-state index contributed by atoms with van der Waals surface area (Å²) in [7, 11) is 0. The van der Waals surface area contributed by atoms with Gasteiger partial charge in [-0.3, -0.25) is 14.8 Å². The summed E-state index contributed by atoms with van der Waals surface area (Å²) < 4.78 is 0.841. The summed E-state index contributed by atoms with van der Waals surface area (Å²) in [6, 6.07) is 17.8. The molecule has 2 amide bonds. The van der Waals surface area contributed by atoms with Gasteiger partial charge in [0.1, 0.15) is 6.54 Å². The summed E-state index contributed by atoms with van der Waals surface area (Å²) in [5.74, 6) is -0.104. The molecule has 2 aromatic carbocycles. The zero-order valence-corrected chi connectivity index (χ0v) is 17.1. The van der Waals surface area contributed by atoms with Crippen molar-refractivity contribution in [3.8, 4) is 0 Å². The largest absolute Gasteiger partial charge is 0.306 e. The van der Waals surface area contributed by atoms with E-state index in [4.69, 9.17) is 0 Å². The monoisotopic (exact) mass is 442 g/mol. The molecule has 1 N–H and O–H groups in total. The van der Waals surface area contributed by atoms with E-state index in [1.54, 1.807) is 0 Å². The molecule has 1 unspecified atom stereocenters. The Bertz CT molecular complexity index is 865. The van der Waals surface area contributed by atoms with Crippen LogP contribution >= 0.6 is 15.9 Å². The number of hydrogen-bond acceptors (Lipinski definition) is 3. The van der Waals surface area contributed by atoms with Crippen molar-refractivity contribution in [3.05, 3.63) is 70.2 Å². The average Bonchev–Trinajstić information content (AvgIpc) is 3.03. The zero-order valence-electron chi connectivity index (χ0n) is 15.5. The van der Waals surface area contributed by atoms with Gasteiger partial charge in [-0.2, -0.15) is 5.06 Å². The van der Waals surface area contributed by atoms with Gasteiger partial charge in [0, 0.05) is 10.4 Å². The third-order valence-electron chi connectivity index (χ3n) is 5.87. The molecule has 2 fully saturated rings. The predicted octanol–water partition coefficient (Wildman–Crippen LogP) is 4.48. The molecule has 0 aromatic heterocycles. The highest BCUT2D eigenvalue weighted by Gasteiger charge is 2.43. The summed E-state index contributed by atoms with van der Waals surface area (Å²) in [5, 5.41) is 11.0. The van der Waals surface area contributed by atoms with Crippen LogP contribution in [0.1, 0.15) is 48.9 Å². The number of nitrogens with zero attached hydrogens (tertiary/aromatic N) is 2. The Morgan fingerprint density at radius 2 is 1.64 bits per heavy atom. The molecule has 6 heteroatoms. The fourth-order valence-corrected chi connectivity index (χ4v) is 4.81. The van der Waals surface area contributed by atoms with Crippen LogP contribution < -0.4 is 0 Å². The van der Waals surface area contributed by atoms with Gasteiger partial charge in [-0.15, -0.1) is 0 Å². The minimum Gasteiger partial charge on any atom is -0.306 e. The molecule has 146 valence electrons. The first kappa shape index (κ1) is 19.2. The van der Waals surface area contributed by atoms with Gasteiger partial charge < -0.3 is 4.90 Å². The second kappa shape index (κ2) is 8.05. The lowest BCUT2D eigenvalue weighted by atomic mass is 9.78. The fourth-order valence-electron chi connectivity index (χ4n) is 4.39. The minimum absolute atomic E-state index is 0.0404. The second-order valence-electron chi connectivity index (χ2n) is 7.59. The highest BCUT2D eigenvalue weighted by atomic mass is 79.9. The highest BCUT2D eigenvalue weighted by molar-refractivity contribution is 9.10. The van der Waals surface area contributed by atoms with E-state index >= 15 is 0 Å². The molecule has 0 spiro atoms. The lowest BCUT2D eigenvalue weighted by Gasteiger charge is -2.33. The molecule has 1 aliphatic heterocycles. The van der Waals surface area contributed by atoms with Crippen molar-refractivity contribution in [1.29, 1.82) is 0 Å². The van der Waals surface area contributed by atoms with Crippen molar-refractivity contribution in [3.63, 3.8) is 0 Å². The molecule has 1 saturated carbocycles. The van der Waals surface area contributed by atoms with Gasteiger partial charge in [-0.05, 0) is 54.9 Å². The molecule has 2 aliphatic rings. The van der Waals surface area contributed by atoms with Crippen molar-refractivity contribution in [2.24, 2.45) is 5.92 Å². The number of hydrogen-bond donors (Lipinski definition) is 1. The molecule has 28 heavy (non-hydrogen) atoms. The van der Waals surface area contributed by atoms with E-state index in [-0.39, 0.29) is 18.4 Å². The third kappa shape index (κ3) is 3.71. The number of carbonyl (C=O) groups excluding carboxylic acids is 2. The van der Waals surface area contributed by atoms with Crippen LogP contribution in [0.4, 0.5) is 0 Å².